The number of fused-ring (bicyclic) bond motifs is 2. The molecule has 146 valence electrons. The van der Waals surface area contributed by atoms with Gasteiger partial charge in [0.05, 0.1) is 17.5 Å². The van der Waals surface area contributed by atoms with E-state index in [1.54, 1.807) is 18.4 Å². The lowest BCUT2D eigenvalue weighted by atomic mass is 10.1. The van der Waals surface area contributed by atoms with Crippen molar-refractivity contribution in [2.75, 3.05) is 33.0 Å². The fourth-order valence-electron chi connectivity index (χ4n) is 3.43. The van der Waals surface area contributed by atoms with Crippen LogP contribution < -0.4 is 21.1 Å². The van der Waals surface area contributed by atoms with Gasteiger partial charge in [0, 0.05) is 30.1 Å². The summed E-state index contributed by atoms with van der Waals surface area (Å²) in [6.07, 6.45) is 1.50. The predicted molar refractivity (Wildman–Crippen MR) is 115 cm³/mol. The van der Waals surface area contributed by atoms with Crippen LogP contribution in [-0.4, -0.2) is 41.8 Å². The number of thiophene rings is 1. The van der Waals surface area contributed by atoms with Gasteiger partial charge in [0.25, 0.3) is 0 Å². The van der Waals surface area contributed by atoms with Crippen molar-refractivity contribution in [1.82, 2.24) is 25.2 Å². The second-order valence-electron chi connectivity index (χ2n) is 6.73. The van der Waals surface area contributed by atoms with Crippen molar-refractivity contribution in [3.63, 3.8) is 0 Å². The molecule has 28 heavy (non-hydrogen) atoms. The van der Waals surface area contributed by atoms with Crippen molar-refractivity contribution in [3.05, 3.63) is 41.9 Å². The number of aryl methyl sites for hydroxylation is 1. The Morgan fingerprint density at radius 3 is 2.86 bits per heavy atom. The van der Waals surface area contributed by atoms with E-state index in [9.17, 15) is 0 Å². The molecule has 0 saturated carbocycles. The van der Waals surface area contributed by atoms with Gasteiger partial charge in [-0.1, -0.05) is 6.07 Å². The van der Waals surface area contributed by atoms with E-state index in [2.05, 4.69) is 51.9 Å². The number of ether oxygens (including phenoxy) is 1. The van der Waals surface area contributed by atoms with E-state index >= 15 is 0 Å². The molecule has 3 aromatic heterocycles. The smallest absolute Gasteiger partial charge is 0.152 e. The highest BCUT2D eigenvalue weighted by molar-refractivity contribution is 7.22. The van der Waals surface area contributed by atoms with Gasteiger partial charge in [-0.25, -0.2) is 9.50 Å². The van der Waals surface area contributed by atoms with Crippen LogP contribution in [-0.2, 0) is 6.54 Å². The molecule has 4 N–H and O–H groups in total. The summed E-state index contributed by atoms with van der Waals surface area (Å²) in [4.78, 5) is 5.34. The molecule has 0 aliphatic rings. The molecule has 0 radical (unpaired) electrons. The molecule has 0 unspecified atom stereocenters. The minimum absolute atomic E-state index is 0.479. The van der Waals surface area contributed by atoms with Crippen molar-refractivity contribution in [2.45, 2.75) is 13.5 Å². The minimum Gasteiger partial charge on any atom is -0.495 e. The molecular formula is C20H24N6OS. The third-order valence-corrected chi connectivity index (χ3v) is 5.92. The van der Waals surface area contributed by atoms with Crippen LogP contribution in [0.1, 0.15) is 11.3 Å². The van der Waals surface area contributed by atoms with Gasteiger partial charge in [0.1, 0.15) is 17.6 Å². The summed E-state index contributed by atoms with van der Waals surface area (Å²) < 4.78 is 8.61. The van der Waals surface area contributed by atoms with Gasteiger partial charge in [0.2, 0.25) is 0 Å². The molecular weight excluding hydrogens is 372 g/mol. The molecule has 8 heteroatoms. The van der Waals surface area contributed by atoms with E-state index in [4.69, 9.17) is 10.5 Å². The Bertz CT molecular complexity index is 1130. The minimum atomic E-state index is 0.479. The zero-order valence-corrected chi connectivity index (χ0v) is 17.1. The van der Waals surface area contributed by atoms with E-state index in [-0.39, 0.29) is 0 Å². The quantitative estimate of drug-likeness (QED) is 0.416. The molecule has 4 rings (SSSR count). The first-order chi connectivity index (χ1) is 13.6. The lowest BCUT2D eigenvalue weighted by Gasteiger charge is -2.04. The maximum atomic E-state index is 6.24. The first-order valence-electron chi connectivity index (χ1n) is 9.17. The summed E-state index contributed by atoms with van der Waals surface area (Å²) in [5.41, 5.74) is 10.4. The maximum Gasteiger partial charge on any atom is 0.152 e. The molecule has 0 spiro atoms. The summed E-state index contributed by atoms with van der Waals surface area (Å²) in [6, 6.07) is 8.58. The third kappa shape index (κ3) is 3.30. The Kier molecular flexibility index (Phi) is 5.17. The van der Waals surface area contributed by atoms with Crippen molar-refractivity contribution in [2.24, 2.45) is 0 Å². The maximum absolute atomic E-state index is 6.24. The van der Waals surface area contributed by atoms with Crippen molar-refractivity contribution in [3.8, 4) is 16.2 Å². The number of nitrogens with one attached hydrogen (secondary N) is 2. The zero-order valence-electron chi connectivity index (χ0n) is 16.2. The average molecular weight is 397 g/mol. The number of likely N-dealkylation sites (N-methyl/N-ethyl adjacent to an activating group) is 1. The Morgan fingerprint density at radius 1 is 1.21 bits per heavy atom. The zero-order chi connectivity index (χ0) is 19.7. The van der Waals surface area contributed by atoms with Crippen molar-refractivity contribution in [1.29, 1.82) is 0 Å². The van der Waals surface area contributed by atoms with Gasteiger partial charge in [-0.3, -0.25) is 0 Å². The van der Waals surface area contributed by atoms with Gasteiger partial charge in [0.15, 0.2) is 5.82 Å². The Labute approximate surface area is 167 Å². The molecule has 0 aliphatic heterocycles. The number of nitrogens with two attached hydrogens (primary N) is 1. The Morgan fingerprint density at radius 2 is 2.07 bits per heavy atom. The van der Waals surface area contributed by atoms with Crippen LogP contribution in [0, 0.1) is 6.92 Å². The first-order valence-corrected chi connectivity index (χ1v) is 9.99. The van der Waals surface area contributed by atoms with Crippen LogP contribution in [0.15, 0.2) is 30.6 Å². The summed E-state index contributed by atoms with van der Waals surface area (Å²) in [5, 5.41) is 12.2. The highest BCUT2D eigenvalue weighted by atomic mass is 32.1. The number of rotatable bonds is 7. The molecule has 3 heterocycles. The fraction of sp³-hybridized carbons (Fsp3) is 0.300. The highest BCUT2D eigenvalue weighted by Crippen LogP contribution is 2.42. The lowest BCUT2D eigenvalue weighted by Crippen LogP contribution is -2.25. The van der Waals surface area contributed by atoms with Crippen LogP contribution in [0.5, 0.6) is 5.75 Å². The number of aromatic nitrogens is 3. The SMILES string of the molecule is CNCCNCc1cc(-c2cc3cc(C)cc(OC)c3s2)c2c(N)ncnn12. The van der Waals surface area contributed by atoms with E-state index in [0.29, 0.717) is 12.4 Å². The third-order valence-electron chi connectivity index (χ3n) is 4.73. The number of hydrogen-bond acceptors (Lipinski definition) is 7. The van der Waals surface area contributed by atoms with Crippen LogP contribution >= 0.6 is 11.3 Å². The molecule has 0 bridgehead atoms. The number of methoxy groups -OCH3 is 1. The second kappa shape index (κ2) is 7.75. The van der Waals surface area contributed by atoms with E-state index in [1.807, 2.05) is 11.6 Å². The lowest BCUT2D eigenvalue weighted by molar-refractivity contribution is 0.420. The summed E-state index contributed by atoms with van der Waals surface area (Å²) >= 11 is 1.70. The number of nitrogen functional groups attached to an aromatic ring is 1. The number of anilines is 1. The first kappa shape index (κ1) is 18.7. The van der Waals surface area contributed by atoms with Crippen molar-refractivity contribution < 1.29 is 4.74 Å². The molecule has 4 aromatic rings. The second-order valence-corrected chi connectivity index (χ2v) is 7.78. The summed E-state index contributed by atoms with van der Waals surface area (Å²) in [5.74, 6) is 1.38. The average Bonchev–Trinajstić information content (AvgIpc) is 3.27. The van der Waals surface area contributed by atoms with E-state index < -0.39 is 0 Å². The molecule has 0 atom stereocenters. The number of nitrogens with zero attached hydrogens (tertiary/aromatic N) is 3. The van der Waals surface area contributed by atoms with Gasteiger partial charge in [-0.05, 0) is 43.1 Å². The molecule has 0 saturated heterocycles. The molecule has 0 aliphatic carbocycles. The molecule has 0 amide bonds. The number of benzene rings is 1. The molecule has 1 aromatic carbocycles. The van der Waals surface area contributed by atoms with Crippen LogP contribution in [0.2, 0.25) is 0 Å². The normalized spacial score (nSPS) is 11.5. The largest absolute Gasteiger partial charge is 0.495 e. The highest BCUT2D eigenvalue weighted by Gasteiger charge is 2.18. The fourth-order valence-corrected chi connectivity index (χ4v) is 4.58. The van der Waals surface area contributed by atoms with Crippen LogP contribution in [0.3, 0.4) is 0 Å². The Balaban J connectivity index is 1.83. The standard InChI is InChI=1S/C20H24N6OS/c1-12-6-13-8-17(28-19(13)16(7-12)27-3)15-9-14(10-23-5-4-22-2)26-18(15)20(21)24-11-25-26/h6-9,11,22-23H,4-5,10H2,1-3H3,(H2,21,24,25). The van der Waals surface area contributed by atoms with Gasteiger partial charge in [-0.2, -0.15) is 5.10 Å². The van der Waals surface area contributed by atoms with Crippen molar-refractivity contribution >= 4 is 32.8 Å². The van der Waals surface area contributed by atoms with Crippen LogP contribution in [0.25, 0.3) is 26.0 Å². The summed E-state index contributed by atoms with van der Waals surface area (Å²) in [6.45, 7) is 4.56. The van der Waals surface area contributed by atoms with Gasteiger partial charge in [-0.15, -0.1) is 11.3 Å². The van der Waals surface area contributed by atoms with E-state index in [0.717, 1.165) is 45.2 Å². The van der Waals surface area contributed by atoms with Gasteiger partial charge < -0.3 is 21.1 Å². The van der Waals surface area contributed by atoms with E-state index in [1.165, 1.54) is 17.3 Å². The summed E-state index contributed by atoms with van der Waals surface area (Å²) in [7, 11) is 3.65. The monoisotopic (exact) mass is 396 g/mol. The Hall–Kier alpha value is -2.68. The topological polar surface area (TPSA) is 89.5 Å². The van der Waals surface area contributed by atoms with Crippen LogP contribution in [0.4, 0.5) is 5.82 Å². The molecule has 7 nitrogen and oxygen atoms in total. The molecule has 0 fully saturated rings. The number of hydrogen-bond donors (Lipinski definition) is 3. The predicted octanol–water partition coefficient (Wildman–Crippen LogP) is 2.82. The van der Waals surface area contributed by atoms with Gasteiger partial charge >= 0.3 is 0 Å².